The summed E-state index contributed by atoms with van der Waals surface area (Å²) in [7, 11) is 0. The number of anilines is 1. The number of rotatable bonds is 4. The zero-order valence-corrected chi connectivity index (χ0v) is 18.1. The molecule has 0 aromatic heterocycles. The van der Waals surface area contributed by atoms with E-state index in [0.717, 1.165) is 31.5 Å². The van der Waals surface area contributed by atoms with E-state index in [2.05, 4.69) is 10.5 Å². The third-order valence-electron chi connectivity index (χ3n) is 5.60. The maximum absolute atomic E-state index is 13.5. The number of hydrogen-bond acceptors (Lipinski definition) is 4. The number of hydrazone groups is 1. The monoisotopic (exact) mass is 448 g/mol. The predicted molar refractivity (Wildman–Crippen MR) is 118 cm³/mol. The third-order valence-corrected chi connectivity index (χ3v) is 6.14. The van der Waals surface area contributed by atoms with E-state index < -0.39 is 0 Å². The molecular weight excluding hydrogens is 426 g/mol. The number of nitrogens with one attached hydrogen (secondary N) is 1. The minimum atomic E-state index is -0.315. The van der Waals surface area contributed by atoms with Crippen LogP contribution in [0.1, 0.15) is 37.8 Å². The van der Waals surface area contributed by atoms with Crippen molar-refractivity contribution in [2.45, 2.75) is 32.2 Å². The number of hydrazine groups is 1. The molecular formula is C22H23Cl2FN4O. The van der Waals surface area contributed by atoms with E-state index in [1.165, 1.54) is 18.6 Å². The first-order valence-electron chi connectivity index (χ1n) is 10.1. The standard InChI is InChI=1S/C22H23Cl2FN4O/c1-14-20(22(30)27-28-11-3-2-4-12-28)26-29(19-10-7-16(23)13-18(19)24)21(14)15-5-8-17(25)9-6-15/h5-10,13-14,21H,2-4,11-12H2,1H3,(H,27,30)/t14-,21-/m0/s1. The Morgan fingerprint density at radius 2 is 1.80 bits per heavy atom. The molecule has 0 spiro atoms. The molecule has 0 aliphatic carbocycles. The first-order valence-corrected chi connectivity index (χ1v) is 10.8. The summed E-state index contributed by atoms with van der Waals surface area (Å²) in [5.41, 5.74) is 4.90. The summed E-state index contributed by atoms with van der Waals surface area (Å²) >= 11 is 12.5. The minimum absolute atomic E-state index is 0.218. The van der Waals surface area contributed by atoms with Crippen molar-refractivity contribution in [2.75, 3.05) is 18.1 Å². The summed E-state index contributed by atoms with van der Waals surface area (Å²) in [5.74, 6) is -0.763. The van der Waals surface area contributed by atoms with E-state index in [-0.39, 0.29) is 23.7 Å². The van der Waals surface area contributed by atoms with E-state index >= 15 is 0 Å². The van der Waals surface area contributed by atoms with Crippen LogP contribution in [-0.4, -0.2) is 29.7 Å². The second-order valence-electron chi connectivity index (χ2n) is 7.70. The molecule has 2 aromatic rings. The number of carbonyl (C=O) groups is 1. The number of halogens is 3. The fourth-order valence-electron chi connectivity index (χ4n) is 4.05. The molecule has 8 heteroatoms. The zero-order valence-electron chi connectivity index (χ0n) is 16.6. The van der Waals surface area contributed by atoms with E-state index in [9.17, 15) is 9.18 Å². The van der Waals surface area contributed by atoms with Gasteiger partial charge < -0.3 is 0 Å². The number of nitrogens with zero attached hydrogens (tertiary/aromatic N) is 3. The average molecular weight is 449 g/mol. The minimum Gasteiger partial charge on any atom is -0.284 e. The summed E-state index contributed by atoms with van der Waals surface area (Å²) in [4.78, 5) is 13.0. The highest BCUT2D eigenvalue weighted by Gasteiger charge is 2.40. The van der Waals surface area contributed by atoms with E-state index in [0.29, 0.717) is 21.4 Å². The summed E-state index contributed by atoms with van der Waals surface area (Å²) in [5, 5.41) is 9.30. The Labute approximate surface area is 185 Å². The van der Waals surface area contributed by atoms with Gasteiger partial charge in [-0.15, -0.1) is 0 Å². The molecule has 0 unspecified atom stereocenters. The third kappa shape index (κ3) is 4.31. The van der Waals surface area contributed by atoms with Crippen LogP contribution in [0.3, 0.4) is 0 Å². The van der Waals surface area contributed by atoms with Gasteiger partial charge in [0.05, 0.1) is 16.8 Å². The van der Waals surface area contributed by atoms with Crippen LogP contribution in [0.4, 0.5) is 10.1 Å². The van der Waals surface area contributed by atoms with Crippen molar-refractivity contribution >= 4 is 40.5 Å². The summed E-state index contributed by atoms with van der Waals surface area (Å²) in [6.07, 6.45) is 3.30. The van der Waals surface area contributed by atoms with Crippen LogP contribution in [0.25, 0.3) is 0 Å². The number of amides is 1. The molecule has 158 valence electrons. The molecule has 1 fully saturated rings. The highest BCUT2D eigenvalue weighted by atomic mass is 35.5. The van der Waals surface area contributed by atoms with Gasteiger partial charge in [-0.1, -0.05) is 48.7 Å². The predicted octanol–water partition coefficient (Wildman–Crippen LogP) is 5.20. The molecule has 2 atom stereocenters. The summed E-state index contributed by atoms with van der Waals surface area (Å²) in [6.45, 7) is 3.62. The molecule has 0 bridgehead atoms. The zero-order chi connectivity index (χ0) is 21.3. The molecule has 4 rings (SSSR count). The molecule has 0 radical (unpaired) electrons. The number of piperidine rings is 1. The van der Waals surface area contributed by atoms with E-state index in [1.807, 2.05) is 11.9 Å². The van der Waals surface area contributed by atoms with Gasteiger partial charge >= 0.3 is 0 Å². The largest absolute Gasteiger partial charge is 0.284 e. The Hall–Kier alpha value is -2.15. The molecule has 2 heterocycles. The van der Waals surface area contributed by atoms with Gasteiger partial charge in [-0.3, -0.25) is 15.2 Å². The van der Waals surface area contributed by atoms with Gasteiger partial charge in [-0.05, 0) is 48.7 Å². The lowest BCUT2D eigenvalue weighted by Gasteiger charge is -2.28. The molecule has 2 aliphatic heterocycles. The Morgan fingerprint density at radius 3 is 2.47 bits per heavy atom. The molecule has 5 nitrogen and oxygen atoms in total. The Balaban J connectivity index is 1.68. The Bertz CT molecular complexity index is 960. The van der Waals surface area contributed by atoms with Crippen LogP contribution in [0.5, 0.6) is 0 Å². The van der Waals surface area contributed by atoms with Crippen LogP contribution >= 0.6 is 23.2 Å². The summed E-state index contributed by atoms with van der Waals surface area (Å²) < 4.78 is 13.5. The van der Waals surface area contributed by atoms with Crippen molar-refractivity contribution in [3.8, 4) is 0 Å². The van der Waals surface area contributed by atoms with Crippen LogP contribution in [0.15, 0.2) is 47.6 Å². The van der Waals surface area contributed by atoms with Crippen molar-refractivity contribution in [3.63, 3.8) is 0 Å². The Kier molecular flexibility index (Phi) is 6.27. The number of benzene rings is 2. The highest BCUT2D eigenvalue weighted by molar-refractivity contribution is 6.41. The maximum atomic E-state index is 13.5. The number of carbonyl (C=O) groups excluding carboxylic acids is 1. The van der Waals surface area contributed by atoms with Crippen molar-refractivity contribution in [3.05, 3.63) is 63.9 Å². The van der Waals surface area contributed by atoms with Gasteiger partial charge in [-0.2, -0.15) is 5.10 Å². The van der Waals surface area contributed by atoms with Crippen LogP contribution in [0, 0.1) is 11.7 Å². The van der Waals surface area contributed by atoms with Crippen molar-refractivity contribution in [1.29, 1.82) is 0 Å². The molecule has 2 aromatic carbocycles. The summed E-state index contributed by atoms with van der Waals surface area (Å²) in [6, 6.07) is 11.1. The smallest absolute Gasteiger partial charge is 0.282 e. The van der Waals surface area contributed by atoms with Crippen LogP contribution in [-0.2, 0) is 4.79 Å². The van der Waals surface area contributed by atoms with E-state index in [1.54, 1.807) is 35.3 Å². The lowest BCUT2D eigenvalue weighted by molar-refractivity contribution is -0.120. The van der Waals surface area contributed by atoms with Gasteiger partial charge in [0.2, 0.25) is 0 Å². The van der Waals surface area contributed by atoms with Crippen molar-refractivity contribution < 1.29 is 9.18 Å². The van der Waals surface area contributed by atoms with Crippen molar-refractivity contribution in [2.24, 2.45) is 11.0 Å². The van der Waals surface area contributed by atoms with Crippen molar-refractivity contribution in [1.82, 2.24) is 10.4 Å². The highest BCUT2D eigenvalue weighted by Crippen LogP contribution is 2.42. The lowest BCUT2D eigenvalue weighted by Crippen LogP contribution is -2.48. The second-order valence-corrected chi connectivity index (χ2v) is 8.54. The maximum Gasteiger partial charge on any atom is 0.282 e. The fourth-order valence-corrected chi connectivity index (χ4v) is 4.55. The van der Waals surface area contributed by atoms with Gasteiger partial charge in [-0.25, -0.2) is 9.40 Å². The topological polar surface area (TPSA) is 47.9 Å². The molecule has 0 saturated carbocycles. The quantitative estimate of drug-likeness (QED) is 0.698. The average Bonchev–Trinajstić information content (AvgIpc) is 3.06. The van der Waals surface area contributed by atoms with Gasteiger partial charge in [0.1, 0.15) is 11.5 Å². The fraction of sp³-hybridized carbons (Fsp3) is 0.364. The molecule has 2 aliphatic rings. The second kappa shape index (κ2) is 8.92. The lowest BCUT2D eigenvalue weighted by atomic mass is 9.91. The molecule has 30 heavy (non-hydrogen) atoms. The number of hydrogen-bond donors (Lipinski definition) is 1. The first-order chi connectivity index (χ1) is 14.4. The first kappa shape index (κ1) is 21.1. The van der Waals surface area contributed by atoms with Gasteiger partial charge in [0, 0.05) is 24.0 Å². The molecule has 1 saturated heterocycles. The van der Waals surface area contributed by atoms with Gasteiger partial charge in [0.15, 0.2) is 0 Å². The SMILES string of the molecule is C[C@H]1C(C(=O)NN2CCCCC2)=NN(c2ccc(Cl)cc2Cl)[C@@H]1c1ccc(F)cc1. The van der Waals surface area contributed by atoms with Crippen LogP contribution < -0.4 is 10.4 Å². The van der Waals surface area contributed by atoms with E-state index in [4.69, 9.17) is 23.2 Å². The van der Waals surface area contributed by atoms with Gasteiger partial charge in [0.25, 0.3) is 5.91 Å². The normalized spacial score (nSPS) is 22.1. The molecule has 1 amide bonds. The van der Waals surface area contributed by atoms with Crippen LogP contribution in [0.2, 0.25) is 10.0 Å². The Morgan fingerprint density at radius 1 is 1.10 bits per heavy atom. The molecule has 1 N–H and O–H groups in total.